The molecule has 0 radical (unpaired) electrons. The summed E-state index contributed by atoms with van der Waals surface area (Å²) in [6, 6.07) is 5.23. The Labute approximate surface area is 105 Å². The first-order valence-electron chi connectivity index (χ1n) is 5.54. The lowest BCUT2D eigenvalue weighted by Gasteiger charge is -2.19. The number of H-pyrrole nitrogens is 1. The highest BCUT2D eigenvalue weighted by Crippen LogP contribution is 2.21. The zero-order valence-corrected chi connectivity index (χ0v) is 11.0. The number of hydrogen-bond donors (Lipinski definition) is 1. The highest BCUT2D eigenvalue weighted by Gasteiger charge is 2.13. The van der Waals surface area contributed by atoms with Crippen LogP contribution in [0.2, 0.25) is 0 Å². The quantitative estimate of drug-likeness (QED) is 0.850. The van der Waals surface area contributed by atoms with E-state index < -0.39 is 0 Å². The van der Waals surface area contributed by atoms with Crippen LogP contribution in [-0.2, 0) is 0 Å². The zero-order chi connectivity index (χ0) is 12.6. The van der Waals surface area contributed by atoms with Gasteiger partial charge in [-0.2, -0.15) is 0 Å². The fraction of sp³-hybridized carbons (Fsp3) is 0.417. The van der Waals surface area contributed by atoms with Gasteiger partial charge in [-0.1, -0.05) is 6.07 Å². The van der Waals surface area contributed by atoms with Crippen LogP contribution in [0.5, 0.6) is 0 Å². The van der Waals surface area contributed by atoms with Crippen molar-refractivity contribution in [3.05, 3.63) is 28.8 Å². The Morgan fingerprint density at radius 2 is 2.18 bits per heavy atom. The molecule has 2 aromatic rings. The molecule has 0 spiro atoms. The van der Waals surface area contributed by atoms with Gasteiger partial charge in [-0.15, -0.1) is 0 Å². The number of aromatic amines is 1. The molecular weight excluding hydrogens is 237 g/mol. The number of fused-ring (bicyclic) bond motifs is 1. The molecule has 5 heteroatoms. The van der Waals surface area contributed by atoms with Crippen LogP contribution < -0.4 is 0 Å². The minimum Gasteiger partial charge on any atom is -0.328 e. The molecule has 1 aromatic heterocycles. The second kappa shape index (κ2) is 4.58. The van der Waals surface area contributed by atoms with Crippen LogP contribution in [0.1, 0.15) is 13.0 Å². The van der Waals surface area contributed by atoms with Crippen molar-refractivity contribution in [3.8, 4) is 0 Å². The minimum atomic E-state index is -0.260. The normalized spacial score (nSPS) is 13.5. The van der Waals surface area contributed by atoms with E-state index >= 15 is 0 Å². The topological polar surface area (TPSA) is 24.0 Å². The Bertz CT molecular complexity index is 585. The molecule has 1 heterocycles. The van der Waals surface area contributed by atoms with Crippen LogP contribution in [0.25, 0.3) is 11.0 Å². The summed E-state index contributed by atoms with van der Waals surface area (Å²) >= 11 is 5.26. The van der Waals surface area contributed by atoms with Gasteiger partial charge in [0.2, 0.25) is 0 Å². The largest absolute Gasteiger partial charge is 0.328 e. The number of para-hydroxylation sites is 1. The van der Waals surface area contributed by atoms with Gasteiger partial charge in [0.05, 0.1) is 5.52 Å². The van der Waals surface area contributed by atoms with Crippen LogP contribution in [0.15, 0.2) is 18.2 Å². The number of hydrogen-bond acceptors (Lipinski definition) is 2. The summed E-state index contributed by atoms with van der Waals surface area (Å²) in [5.74, 6) is -0.260. The Kier molecular flexibility index (Phi) is 3.31. The van der Waals surface area contributed by atoms with Crippen molar-refractivity contribution in [1.29, 1.82) is 0 Å². The van der Waals surface area contributed by atoms with Crippen molar-refractivity contribution in [2.45, 2.75) is 13.0 Å². The molecule has 0 amide bonds. The molecule has 0 fully saturated rings. The summed E-state index contributed by atoms with van der Waals surface area (Å²) < 4.78 is 16.1. The van der Waals surface area contributed by atoms with Crippen molar-refractivity contribution in [2.24, 2.45) is 0 Å². The zero-order valence-electron chi connectivity index (χ0n) is 10.2. The average Bonchev–Trinajstić information content (AvgIpc) is 2.55. The van der Waals surface area contributed by atoms with E-state index in [0.717, 1.165) is 12.1 Å². The SMILES string of the molecule is CC(CN(C)C)n1c(=S)[nH]c2c(F)cccc21. The molecule has 1 aromatic carbocycles. The Hall–Kier alpha value is -1.20. The molecular formula is C12H16FN3S. The number of nitrogens with zero attached hydrogens (tertiary/aromatic N) is 2. The van der Waals surface area contributed by atoms with Gasteiger partial charge in [-0.3, -0.25) is 0 Å². The molecule has 2 rings (SSSR count). The molecule has 0 saturated heterocycles. The standard InChI is InChI=1S/C12H16FN3S/c1-8(7-15(2)3)16-10-6-4-5-9(13)11(10)14-12(16)17/h4-6,8H,7H2,1-3H3,(H,14,17). The van der Waals surface area contributed by atoms with Crippen molar-refractivity contribution in [1.82, 2.24) is 14.5 Å². The first kappa shape index (κ1) is 12.3. The molecule has 92 valence electrons. The molecule has 17 heavy (non-hydrogen) atoms. The van der Waals surface area contributed by atoms with Crippen LogP contribution in [0.4, 0.5) is 4.39 Å². The van der Waals surface area contributed by atoms with Gasteiger partial charge in [-0.05, 0) is 45.4 Å². The highest BCUT2D eigenvalue weighted by molar-refractivity contribution is 7.71. The summed E-state index contributed by atoms with van der Waals surface area (Å²) in [6.07, 6.45) is 0. The molecule has 1 unspecified atom stereocenters. The van der Waals surface area contributed by atoms with E-state index in [1.54, 1.807) is 6.07 Å². The molecule has 1 N–H and O–H groups in total. The predicted octanol–water partition coefficient (Wildman–Crippen LogP) is 2.96. The first-order chi connectivity index (χ1) is 8.00. The number of halogens is 1. The Morgan fingerprint density at radius 1 is 1.47 bits per heavy atom. The number of imidazole rings is 1. The van der Waals surface area contributed by atoms with Crippen molar-refractivity contribution >= 4 is 23.3 Å². The second-order valence-corrected chi connectivity index (χ2v) is 4.93. The fourth-order valence-electron chi connectivity index (χ4n) is 2.16. The highest BCUT2D eigenvalue weighted by atomic mass is 32.1. The average molecular weight is 253 g/mol. The molecule has 3 nitrogen and oxygen atoms in total. The third-order valence-electron chi connectivity index (χ3n) is 2.77. The van der Waals surface area contributed by atoms with E-state index in [1.807, 2.05) is 24.7 Å². The summed E-state index contributed by atoms with van der Waals surface area (Å²) in [4.78, 5) is 5.02. The number of nitrogens with one attached hydrogen (secondary N) is 1. The number of rotatable bonds is 3. The number of aromatic nitrogens is 2. The van der Waals surface area contributed by atoms with E-state index in [0.29, 0.717) is 10.3 Å². The van der Waals surface area contributed by atoms with Gasteiger partial charge >= 0.3 is 0 Å². The van der Waals surface area contributed by atoms with Crippen molar-refractivity contribution < 1.29 is 4.39 Å². The number of likely N-dealkylation sites (N-methyl/N-ethyl adjacent to an activating group) is 1. The van der Waals surface area contributed by atoms with Crippen LogP contribution in [0.3, 0.4) is 0 Å². The summed E-state index contributed by atoms with van der Waals surface area (Å²) in [7, 11) is 4.02. The van der Waals surface area contributed by atoms with Crippen LogP contribution in [0, 0.1) is 10.6 Å². The molecule has 0 saturated carbocycles. The van der Waals surface area contributed by atoms with E-state index in [2.05, 4.69) is 16.8 Å². The van der Waals surface area contributed by atoms with E-state index in [1.165, 1.54) is 6.07 Å². The van der Waals surface area contributed by atoms with E-state index in [4.69, 9.17) is 12.2 Å². The molecule has 0 aliphatic heterocycles. The van der Waals surface area contributed by atoms with Crippen molar-refractivity contribution in [3.63, 3.8) is 0 Å². The predicted molar refractivity (Wildman–Crippen MR) is 70.3 cm³/mol. The molecule has 0 aliphatic rings. The lowest BCUT2D eigenvalue weighted by Crippen LogP contribution is -2.22. The molecule has 0 aliphatic carbocycles. The van der Waals surface area contributed by atoms with E-state index in [9.17, 15) is 4.39 Å². The number of benzene rings is 1. The van der Waals surface area contributed by atoms with E-state index in [-0.39, 0.29) is 11.9 Å². The van der Waals surface area contributed by atoms with Gasteiger partial charge < -0.3 is 14.5 Å². The maximum absolute atomic E-state index is 13.6. The molecule has 0 bridgehead atoms. The maximum Gasteiger partial charge on any atom is 0.178 e. The lowest BCUT2D eigenvalue weighted by molar-refractivity contribution is 0.339. The van der Waals surface area contributed by atoms with Gasteiger partial charge in [0.1, 0.15) is 11.3 Å². The fourth-order valence-corrected chi connectivity index (χ4v) is 2.54. The Balaban J connectivity index is 2.57. The third kappa shape index (κ3) is 2.25. The van der Waals surface area contributed by atoms with Crippen LogP contribution >= 0.6 is 12.2 Å². The van der Waals surface area contributed by atoms with Gasteiger partial charge in [0.15, 0.2) is 4.77 Å². The first-order valence-corrected chi connectivity index (χ1v) is 5.95. The van der Waals surface area contributed by atoms with Gasteiger partial charge in [0, 0.05) is 12.6 Å². The smallest absolute Gasteiger partial charge is 0.178 e. The minimum absolute atomic E-state index is 0.202. The Morgan fingerprint density at radius 3 is 2.82 bits per heavy atom. The summed E-state index contributed by atoms with van der Waals surface area (Å²) in [6.45, 7) is 2.94. The molecule has 1 atom stereocenters. The second-order valence-electron chi connectivity index (χ2n) is 4.55. The maximum atomic E-state index is 13.6. The van der Waals surface area contributed by atoms with Crippen molar-refractivity contribution in [2.75, 3.05) is 20.6 Å². The van der Waals surface area contributed by atoms with Gasteiger partial charge in [-0.25, -0.2) is 4.39 Å². The van der Waals surface area contributed by atoms with Gasteiger partial charge in [0.25, 0.3) is 0 Å². The lowest BCUT2D eigenvalue weighted by atomic mass is 10.2. The van der Waals surface area contributed by atoms with Crippen LogP contribution in [-0.4, -0.2) is 35.1 Å². The summed E-state index contributed by atoms with van der Waals surface area (Å²) in [5.41, 5.74) is 1.31. The summed E-state index contributed by atoms with van der Waals surface area (Å²) in [5, 5.41) is 0. The third-order valence-corrected chi connectivity index (χ3v) is 3.07. The monoisotopic (exact) mass is 253 g/mol.